The van der Waals surface area contributed by atoms with Gasteiger partial charge >= 0.3 is 0 Å². The molecule has 3 N–H and O–H groups in total. The smallest absolute Gasteiger partial charge is 0.221 e. The van der Waals surface area contributed by atoms with Gasteiger partial charge in [-0.1, -0.05) is 19.9 Å². The number of carbonyl (C=O) groups excluding carboxylic acids is 1. The van der Waals surface area contributed by atoms with Gasteiger partial charge in [0.25, 0.3) is 0 Å². The van der Waals surface area contributed by atoms with Gasteiger partial charge in [0.05, 0.1) is 11.0 Å². The number of imidazole rings is 1. The molecule has 2 rings (SSSR count). The van der Waals surface area contributed by atoms with Gasteiger partial charge in [0.2, 0.25) is 5.91 Å². The summed E-state index contributed by atoms with van der Waals surface area (Å²) in [6.07, 6.45) is 0.364. The molecule has 0 bridgehead atoms. The van der Waals surface area contributed by atoms with Gasteiger partial charge in [0.1, 0.15) is 5.82 Å². The Balaban J connectivity index is 2.19. The molecular formula is C15H22N4O. The van der Waals surface area contributed by atoms with Crippen molar-refractivity contribution in [2.75, 3.05) is 6.54 Å². The number of rotatable bonds is 5. The maximum atomic E-state index is 11.4. The van der Waals surface area contributed by atoms with Crippen molar-refractivity contribution < 1.29 is 4.79 Å². The lowest BCUT2D eigenvalue weighted by Gasteiger charge is -2.05. The normalized spacial score (nSPS) is 11.2. The van der Waals surface area contributed by atoms with E-state index in [1.165, 1.54) is 0 Å². The zero-order valence-electron chi connectivity index (χ0n) is 12.3. The first-order chi connectivity index (χ1) is 9.52. The lowest BCUT2D eigenvalue weighted by molar-refractivity contribution is -0.121. The molecule has 20 heavy (non-hydrogen) atoms. The first-order valence-electron chi connectivity index (χ1n) is 6.95. The summed E-state index contributed by atoms with van der Waals surface area (Å²) in [7, 11) is 2.04. The van der Waals surface area contributed by atoms with Crippen LogP contribution in [0.3, 0.4) is 0 Å². The average molecular weight is 274 g/mol. The highest BCUT2D eigenvalue weighted by Crippen LogP contribution is 2.21. The zero-order chi connectivity index (χ0) is 14.7. The van der Waals surface area contributed by atoms with Crippen molar-refractivity contribution in [3.8, 4) is 0 Å². The van der Waals surface area contributed by atoms with E-state index in [4.69, 9.17) is 5.73 Å². The van der Waals surface area contributed by atoms with Crippen LogP contribution in [0.15, 0.2) is 18.2 Å². The van der Waals surface area contributed by atoms with E-state index < -0.39 is 0 Å². The second-order valence-corrected chi connectivity index (χ2v) is 5.32. The molecule has 0 aliphatic carbocycles. The molecule has 5 heteroatoms. The number of aromatic nitrogens is 2. The molecule has 1 aromatic carbocycles. The first kappa shape index (κ1) is 14.5. The van der Waals surface area contributed by atoms with Gasteiger partial charge in [-0.05, 0) is 17.7 Å². The van der Waals surface area contributed by atoms with Crippen LogP contribution in [0.5, 0.6) is 0 Å². The Hall–Kier alpha value is -1.88. The van der Waals surface area contributed by atoms with Crippen molar-refractivity contribution in [1.82, 2.24) is 14.9 Å². The quantitative estimate of drug-likeness (QED) is 0.871. The maximum absolute atomic E-state index is 11.4. The predicted molar refractivity (Wildman–Crippen MR) is 80.3 cm³/mol. The van der Waals surface area contributed by atoms with Crippen LogP contribution in [0.4, 0.5) is 0 Å². The van der Waals surface area contributed by atoms with Crippen molar-refractivity contribution >= 4 is 16.9 Å². The highest BCUT2D eigenvalue weighted by Gasteiger charge is 2.11. The van der Waals surface area contributed by atoms with E-state index >= 15 is 0 Å². The molecule has 0 saturated heterocycles. The lowest BCUT2D eigenvalue weighted by atomic mass is 10.2. The summed E-state index contributed by atoms with van der Waals surface area (Å²) >= 11 is 0. The van der Waals surface area contributed by atoms with E-state index in [0.29, 0.717) is 25.4 Å². The topological polar surface area (TPSA) is 72.9 Å². The summed E-state index contributed by atoms with van der Waals surface area (Å²) in [5, 5.41) is 2.86. The van der Waals surface area contributed by atoms with E-state index in [1.54, 1.807) is 0 Å². The standard InChI is InChI=1S/C15H22N4O/c1-10(2)15-18-12-8-11(4-5-13(12)19(15)3)9-17-14(20)6-7-16/h4-5,8,10H,6-7,9,16H2,1-3H3,(H,17,20). The number of aryl methyl sites for hydroxylation is 1. The van der Waals surface area contributed by atoms with Crippen molar-refractivity contribution in [1.29, 1.82) is 0 Å². The minimum absolute atomic E-state index is 0.0171. The van der Waals surface area contributed by atoms with Gasteiger partial charge in [-0.15, -0.1) is 0 Å². The number of amides is 1. The summed E-state index contributed by atoms with van der Waals surface area (Å²) in [5.41, 5.74) is 8.49. The molecule has 1 heterocycles. The fourth-order valence-electron chi connectivity index (χ4n) is 2.31. The van der Waals surface area contributed by atoms with Crippen LogP contribution >= 0.6 is 0 Å². The van der Waals surface area contributed by atoms with Crippen LogP contribution in [0.1, 0.15) is 37.6 Å². The van der Waals surface area contributed by atoms with Crippen molar-refractivity contribution in [2.24, 2.45) is 12.8 Å². The van der Waals surface area contributed by atoms with E-state index in [1.807, 2.05) is 19.2 Å². The van der Waals surface area contributed by atoms with Gasteiger partial charge in [-0.25, -0.2) is 4.98 Å². The Labute approximate surface area is 119 Å². The van der Waals surface area contributed by atoms with E-state index in [9.17, 15) is 4.79 Å². The lowest BCUT2D eigenvalue weighted by Crippen LogP contribution is -2.24. The summed E-state index contributed by atoms with van der Waals surface area (Å²) in [6.45, 7) is 5.16. The van der Waals surface area contributed by atoms with Crippen molar-refractivity contribution in [2.45, 2.75) is 32.7 Å². The number of carbonyl (C=O) groups is 1. The Morgan fingerprint density at radius 2 is 2.20 bits per heavy atom. The van der Waals surface area contributed by atoms with Gasteiger partial charge in [-0.2, -0.15) is 0 Å². The highest BCUT2D eigenvalue weighted by molar-refractivity contribution is 5.78. The molecule has 0 saturated carbocycles. The van der Waals surface area contributed by atoms with Crippen molar-refractivity contribution in [3.05, 3.63) is 29.6 Å². The average Bonchev–Trinajstić information content (AvgIpc) is 2.74. The summed E-state index contributed by atoms with van der Waals surface area (Å²) in [6, 6.07) is 6.11. The van der Waals surface area contributed by atoms with E-state index in [-0.39, 0.29) is 5.91 Å². The number of nitrogens with two attached hydrogens (primary N) is 1. The Bertz CT molecular complexity index is 616. The van der Waals surface area contributed by atoms with Crippen LogP contribution in [0.25, 0.3) is 11.0 Å². The minimum atomic E-state index is -0.0171. The molecular weight excluding hydrogens is 252 g/mol. The largest absolute Gasteiger partial charge is 0.352 e. The SMILES string of the molecule is CC(C)c1nc2cc(CNC(=O)CCN)ccc2n1C. The summed E-state index contributed by atoms with van der Waals surface area (Å²) in [4.78, 5) is 16.1. The molecule has 0 fully saturated rings. The number of hydrogen-bond donors (Lipinski definition) is 2. The molecule has 1 amide bonds. The molecule has 108 valence electrons. The van der Waals surface area contributed by atoms with E-state index in [0.717, 1.165) is 22.4 Å². The Morgan fingerprint density at radius 3 is 2.85 bits per heavy atom. The zero-order valence-corrected chi connectivity index (χ0v) is 12.3. The fourth-order valence-corrected chi connectivity index (χ4v) is 2.31. The Kier molecular flexibility index (Phi) is 4.39. The maximum Gasteiger partial charge on any atom is 0.221 e. The van der Waals surface area contributed by atoms with Gasteiger partial charge < -0.3 is 15.6 Å². The predicted octanol–water partition coefficient (Wildman–Crippen LogP) is 1.66. The van der Waals surface area contributed by atoms with Crippen LogP contribution < -0.4 is 11.1 Å². The molecule has 0 aliphatic rings. The van der Waals surface area contributed by atoms with Crippen LogP contribution in [0.2, 0.25) is 0 Å². The first-order valence-corrected chi connectivity index (χ1v) is 6.95. The van der Waals surface area contributed by atoms with Crippen LogP contribution in [0, 0.1) is 0 Å². The molecule has 0 unspecified atom stereocenters. The third-order valence-corrected chi connectivity index (χ3v) is 3.36. The van der Waals surface area contributed by atoms with Gasteiger partial charge in [0.15, 0.2) is 0 Å². The van der Waals surface area contributed by atoms with E-state index in [2.05, 4.69) is 34.8 Å². The second kappa shape index (κ2) is 6.05. The monoisotopic (exact) mass is 274 g/mol. The molecule has 0 spiro atoms. The van der Waals surface area contributed by atoms with Gasteiger partial charge in [0, 0.05) is 32.5 Å². The molecule has 2 aromatic rings. The van der Waals surface area contributed by atoms with Crippen molar-refractivity contribution in [3.63, 3.8) is 0 Å². The minimum Gasteiger partial charge on any atom is -0.352 e. The van der Waals surface area contributed by atoms with Gasteiger partial charge in [-0.3, -0.25) is 4.79 Å². The number of benzene rings is 1. The number of fused-ring (bicyclic) bond motifs is 1. The summed E-state index contributed by atoms with van der Waals surface area (Å²) < 4.78 is 2.12. The second-order valence-electron chi connectivity index (χ2n) is 5.32. The fraction of sp³-hybridized carbons (Fsp3) is 0.467. The molecule has 0 atom stereocenters. The Morgan fingerprint density at radius 1 is 1.45 bits per heavy atom. The highest BCUT2D eigenvalue weighted by atomic mass is 16.1. The van der Waals surface area contributed by atoms with Crippen LogP contribution in [-0.2, 0) is 18.4 Å². The molecule has 5 nitrogen and oxygen atoms in total. The number of nitrogens with zero attached hydrogens (tertiary/aromatic N) is 2. The molecule has 0 aliphatic heterocycles. The number of nitrogens with one attached hydrogen (secondary N) is 1. The number of hydrogen-bond acceptors (Lipinski definition) is 3. The molecule has 0 radical (unpaired) electrons. The molecule has 1 aromatic heterocycles. The third kappa shape index (κ3) is 2.99. The van der Waals surface area contributed by atoms with Crippen LogP contribution in [-0.4, -0.2) is 22.0 Å². The third-order valence-electron chi connectivity index (χ3n) is 3.36. The summed E-state index contributed by atoms with van der Waals surface area (Å²) in [5.74, 6) is 1.45.